The molecule has 0 fully saturated rings. The van der Waals surface area contributed by atoms with E-state index >= 15 is 0 Å². The van der Waals surface area contributed by atoms with E-state index in [0.29, 0.717) is 6.61 Å². The predicted molar refractivity (Wildman–Crippen MR) is 41.2 cm³/mol. The highest BCUT2D eigenvalue weighted by atomic mass is 16.5. The Kier molecular flexibility index (Phi) is 11.1. The SMILES string of the molecule is CCOCC(C)OCC.O. The van der Waals surface area contributed by atoms with Crippen molar-refractivity contribution >= 4 is 0 Å². The van der Waals surface area contributed by atoms with Gasteiger partial charge >= 0.3 is 0 Å². The minimum atomic E-state index is 0. The lowest BCUT2D eigenvalue weighted by atomic mass is 10.4. The summed E-state index contributed by atoms with van der Waals surface area (Å²) in [6.07, 6.45) is 0.245. The molecule has 0 saturated heterocycles. The maximum atomic E-state index is 5.22. The van der Waals surface area contributed by atoms with E-state index in [9.17, 15) is 0 Å². The van der Waals surface area contributed by atoms with Crippen LogP contribution in [0.5, 0.6) is 0 Å². The van der Waals surface area contributed by atoms with E-state index < -0.39 is 0 Å². The summed E-state index contributed by atoms with van der Waals surface area (Å²) in [5, 5.41) is 0. The minimum absolute atomic E-state index is 0. The van der Waals surface area contributed by atoms with Crippen LogP contribution in [0.15, 0.2) is 0 Å². The van der Waals surface area contributed by atoms with Crippen LogP contribution in [0.1, 0.15) is 20.8 Å². The summed E-state index contributed by atoms with van der Waals surface area (Å²) in [5.41, 5.74) is 0. The van der Waals surface area contributed by atoms with Crippen LogP contribution in [-0.2, 0) is 9.47 Å². The number of rotatable bonds is 5. The zero-order valence-corrected chi connectivity index (χ0v) is 7.02. The molecule has 0 aromatic carbocycles. The summed E-state index contributed by atoms with van der Waals surface area (Å²) >= 11 is 0. The molecular weight excluding hydrogens is 132 g/mol. The Morgan fingerprint density at radius 1 is 1.20 bits per heavy atom. The van der Waals surface area contributed by atoms with Crippen molar-refractivity contribution in [3.63, 3.8) is 0 Å². The summed E-state index contributed by atoms with van der Waals surface area (Å²) in [4.78, 5) is 0. The van der Waals surface area contributed by atoms with Gasteiger partial charge in [0.15, 0.2) is 0 Å². The molecule has 1 unspecified atom stereocenters. The van der Waals surface area contributed by atoms with Gasteiger partial charge in [-0.2, -0.15) is 0 Å². The highest BCUT2D eigenvalue weighted by Crippen LogP contribution is 1.90. The van der Waals surface area contributed by atoms with Gasteiger partial charge < -0.3 is 14.9 Å². The highest BCUT2D eigenvalue weighted by Gasteiger charge is 1.97. The predicted octanol–water partition coefficient (Wildman–Crippen LogP) is 0.623. The maximum absolute atomic E-state index is 5.22. The lowest BCUT2D eigenvalue weighted by Gasteiger charge is -2.09. The van der Waals surface area contributed by atoms with Crippen molar-refractivity contribution < 1.29 is 14.9 Å². The molecule has 0 aliphatic heterocycles. The Morgan fingerprint density at radius 3 is 2.20 bits per heavy atom. The maximum Gasteiger partial charge on any atom is 0.0780 e. The molecule has 1 atom stereocenters. The van der Waals surface area contributed by atoms with Crippen molar-refractivity contribution in [1.29, 1.82) is 0 Å². The van der Waals surface area contributed by atoms with E-state index in [4.69, 9.17) is 9.47 Å². The summed E-state index contributed by atoms with van der Waals surface area (Å²) in [5.74, 6) is 0. The van der Waals surface area contributed by atoms with Crippen LogP contribution in [0, 0.1) is 0 Å². The van der Waals surface area contributed by atoms with Gasteiger partial charge in [-0.25, -0.2) is 0 Å². The zero-order valence-electron chi connectivity index (χ0n) is 7.02. The van der Waals surface area contributed by atoms with E-state index in [1.807, 2.05) is 20.8 Å². The first-order chi connectivity index (χ1) is 4.31. The first-order valence-corrected chi connectivity index (χ1v) is 3.50. The van der Waals surface area contributed by atoms with Gasteiger partial charge in [-0.05, 0) is 20.8 Å². The molecular formula is C7H18O3. The van der Waals surface area contributed by atoms with Crippen molar-refractivity contribution in [3.05, 3.63) is 0 Å². The summed E-state index contributed by atoms with van der Waals surface area (Å²) in [6, 6.07) is 0. The molecule has 2 N–H and O–H groups in total. The molecule has 10 heavy (non-hydrogen) atoms. The van der Waals surface area contributed by atoms with Crippen molar-refractivity contribution in [3.8, 4) is 0 Å². The topological polar surface area (TPSA) is 50.0 Å². The second kappa shape index (κ2) is 8.88. The molecule has 64 valence electrons. The smallest absolute Gasteiger partial charge is 0.0780 e. The molecule has 3 nitrogen and oxygen atoms in total. The highest BCUT2D eigenvalue weighted by molar-refractivity contribution is 4.44. The molecule has 0 aliphatic rings. The van der Waals surface area contributed by atoms with Gasteiger partial charge in [0.1, 0.15) is 0 Å². The Balaban J connectivity index is 0. The first kappa shape index (κ1) is 12.5. The van der Waals surface area contributed by atoms with Crippen LogP contribution in [0.2, 0.25) is 0 Å². The Hall–Kier alpha value is -0.120. The normalized spacial score (nSPS) is 12.3. The quantitative estimate of drug-likeness (QED) is 0.577. The van der Waals surface area contributed by atoms with Gasteiger partial charge in [-0.15, -0.1) is 0 Å². The van der Waals surface area contributed by atoms with Crippen molar-refractivity contribution in [2.24, 2.45) is 0 Å². The number of ether oxygens (including phenoxy) is 2. The average molecular weight is 150 g/mol. The van der Waals surface area contributed by atoms with E-state index in [1.54, 1.807) is 0 Å². The monoisotopic (exact) mass is 150 g/mol. The van der Waals surface area contributed by atoms with Gasteiger partial charge in [-0.1, -0.05) is 0 Å². The van der Waals surface area contributed by atoms with Gasteiger partial charge in [-0.3, -0.25) is 0 Å². The van der Waals surface area contributed by atoms with Crippen LogP contribution in [0.25, 0.3) is 0 Å². The van der Waals surface area contributed by atoms with Gasteiger partial charge in [0.2, 0.25) is 0 Å². The molecule has 0 aliphatic carbocycles. The van der Waals surface area contributed by atoms with Crippen molar-refractivity contribution in [1.82, 2.24) is 0 Å². The van der Waals surface area contributed by atoms with Crippen LogP contribution in [0.3, 0.4) is 0 Å². The second-order valence-electron chi connectivity index (χ2n) is 1.93. The Labute approximate surface area is 62.6 Å². The molecule has 0 radical (unpaired) electrons. The molecule has 0 rings (SSSR count). The second-order valence-corrected chi connectivity index (χ2v) is 1.93. The standard InChI is InChI=1S/C7H16O2.H2O/c1-4-8-6-7(3)9-5-2;/h7H,4-6H2,1-3H3;1H2. The third-order valence-electron chi connectivity index (χ3n) is 1.01. The third-order valence-corrected chi connectivity index (χ3v) is 1.01. The summed E-state index contributed by atoms with van der Waals surface area (Å²) in [7, 11) is 0. The lowest BCUT2D eigenvalue weighted by Crippen LogP contribution is -2.15. The van der Waals surface area contributed by atoms with Crippen molar-refractivity contribution in [2.75, 3.05) is 19.8 Å². The molecule has 0 aromatic rings. The zero-order chi connectivity index (χ0) is 7.11. The molecule has 0 heterocycles. The van der Waals surface area contributed by atoms with E-state index in [2.05, 4.69) is 0 Å². The fourth-order valence-corrected chi connectivity index (χ4v) is 0.616. The third kappa shape index (κ3) is 7.88. The Bertz CT molecular complexity index is 56.8. The van der Waals surface area contributed by atoms with Gasteiger partial charge in [0.25, 0.3) is 0 Å². The molecule has 0 saturated carbocycles. The van der Waals surface area contributed by atoms with Crippen LogP contribution < -0.4 is 0 Å². The van der Waals surface area contributed by atoms with Crippen molar-refractivity contribution in [2.45, 2.75) is 26.9 Å². The van der Waals surface area contributed by atoms with E-state index in [0.717, 1.165) is 13.2 Å². The molecule has 3 heteroatoms. The molecule has 0 bridgehead atoms. The molecule has 0 spiro atoms. The fraction of sp³-hybridized carbons (Fsp3) is 1.00. The summed E-state index contributed by atoms with van der Waals surface area (Å²) in [6.45, 7) is 8.25. The minimum Gasteiger partial charge on any atom is -0.412 e. The van der Waals surface area contributed by atoms with Crippen LogP contribution in [0.4, 0.5) is 0 Å². The van der Waals surface area contributed by atoms with Gasteiger partial charge in [0.05, 0.1) is 12.7 Å². The van der Waals surface area contributed by atoms with Gasteiger partial charge in [0, 0.05) is 13.2 Å². The molecule has 0 aromatic heterocycles. The van der Waals surface area contributed by atoms with Crippen LogP contribution >= 0.6 is 0 Å². The van der Waals surface area contributed by atoms with E-state index in [-0.39, 0.29) is 11.6 Å². The number of hydrogen-bond donors (Lipinski definition) is 0. The van der Waals surface area contributed by atoms with E-state index in [1.165, 1.54) is 0 Å². The first-order valence-electron chi connectivity index (χ1n) is 3.50. The molecule has 0 amide bonds. The Morgan fingerprint density at radius 2 is 1.80 bits per heavy atom. The summed E-state index contributed by atoms with van der Waals surface area (Å²) < 4.78 is 10.3. The number of hydrogen-bond acceptors (Lipinski definition) is 2. The lowest BCUT2D eigenvalue weighted by molar-refractivity contribution is 0.00215. The van der Waals surface area contributed by atoms with Crippen LogP contribution in [-0.4, -0.2) is 31.4 Å². The average Bonchev–Trinajstić information content (AvgIpc) is 1.85. The fourth-order valence-electron chi connectivity index (χ4n) is 0.616. The largest absolute Gasteiger partial charge is 0.412 e.